The molecule has 49 nitrogen and oxygen atoms in total. The van der Waals surface area contributed by atoms with Crippen LogP contribution in [0.1, 0.15) is 81.0 Å². The van der Waals surface area contributed by atoms with Gasteiger partial charge >= 0.3 is 24.1 Å². The SMILES string of the molecule is C#C[C@]1(CN2Cc3ccc(OC)cc3C2=O)NC(=O)NC1=O.COc1ccc(I)nc1Br.COc1ccc2c(c1)C(=O)N(C[C@@]1(c3cc4nc(-c5nn[nH]n5)ccc4o3)NC(=O)NC1=O)C2.COc1ccc2c(c1)C(=O)N(C[C@@]1(c3cc4nc(OC=O)ccc4o3)NC(=O)NC1=O)C2.[C-]#[N+]c1ccc(O)c(Br)n1.[C-]#[N+]c1ccc(OC)c(Br)n1.[C-]#[N+]c1ccc2oc([C@]3(CN4Cc5ccc(OC)cc5C4=O)NC(=O)NC3=O)cc2n1. The summed E-state index contributed by atoms with van der Waals surface area (Å²) >= 11 is 11.6. The van der Waals surface area contributed by atoms with Crippen molar-refractivity contribution in [3.05, 3.63) is 277 Å². The van der Waals surface area contributed by atoms with Crippen molar-refractivity contribution in [3.63, 3.8) is 0 Å². The maximum atomic E-state index is 13.1. The molecule has 8 aliphatic heterocycles. The Labute approximate surface area is 883 Å². The van der Waals surface area contributed by atoms with Crippen LogP contribution in [0.2, 0.25) is 0 Å². The van der Waals surface area contributed by atoms with Crippen LogP contribution in [0.4, 0.5) is 36.6 Å². The number of fused-ring (bicyclic) bond motifs is 7. The molecule has 14 aromatic rings. The number of aromatic amines is 1. The highest BCUT2D eigenvalue weighted by molar-refractivity contribution is 14.1. The number of furan rings is 3. The van der Waals surface area contributed by atoms with Crippen molar-refractivity contribution < 1.29 is 114 Å². The molecular weight excluding hydrogens is 2270 g/mol. The van der Waals surface area contributed by atoms with Gasteiger partial charge in [0.2, 0.25) is 20.9 Å². The van der Waals surface area contributed by atoms with Crippen LogP contribution in [0.5, 0.6) is 46.1 Å². The number of carbonyl (C=O) groups is 13. The number of aromatic hydroxyl groups is 1. The van der Waals surface area contributed by atoms with Gasteiger partial charge in [-0.05, 0) is 181 Å². The molecular formula is C97H73Br3IN25O24. The molecule has 0 spiro atoms. The van der Waals surface area contributed by atoms with Gasteiger partial charge in [-0.15, -0.1) is 31.6 Å². The molecule has 4 atom stereocenters. The number of aromatic nitrogens is 10. The highest BCUT2D eigenvalue weighted by atomic mass is 127. The molecule has 0 aliphatic carbocycles. The Morgan fingerprint density at radius 2 is 0.800 bits per heavy atom. The number of methoxy groups -OCH3 is 6. The number of halogens is 4. The second-order valence-corrected chi connectivity index (χ2v) is 36.0. The molecule has 16 amide bonds. The monoisotopic (exact) mass is 2340 g/mol. The van der Waals surface area contributed by atoms with Crippen LogP contribution in [-0.4, -0.2) is 227 Å². The first-order valence-corrected chi connectivity index (χ1v) is 47.0. The lowest BCUT2D eigenvalue weighted by molar-refractivity contribution is -0.126. The highest BCUT2D eigenvalue weighted by Crippen LogP contribution is 2.42. The number of amides is 16. The summed E-state index contributed by atoms with van der Waals surface area (Å²) in [5.41, 5.74) is 1.28. The number of hydrogen-bond acceptors (Lipinski definition) is 33. The van der Waals surface area contributed by atoms with Crippen molar-refractivity contribution in [2.24, 2.45) is 0 Å². The summed E-state index contributed by atoms with van der Waals surface area (Å²) in [5, 5.41) is 41.7. The highest BCUT2D eigenvalue weighted by Gasteiger charge is 2.57. The molecule has 4 saturated heterocycles. The molecule has 0 unspecified atom stereocenters. The minimum atomic E-state index is -1.66. The third kappa shape index (κ3) is 21.3. The molecule has 4 fully saturated rings. The average molecular weight is 2340 g/mol. The van der Waals surface area contributed by atoms with E-state index in [-0.39, 0.29) is 116 Å². The van der Waals surface area contributed by atoms with Crippen molar-refractivity contribution in [1.82, 2.24) is 113 Å². The molecule has 53 heteroatoms. The van der Waals surface area contributed by atoms with Gasteiger partial charge in [-0.3, -0.25) is 64.4 Å². The third-order valence-corrected chi connectivity index (χ3v) is 26.1. The summed E-state index contributed by atoms with van der Waals surface area (Å²) in [6.07, 6.45) is 5.41. The second kappa shape index (κ2) is 43.7. The topological polar surface area (TPSA) is 600 Å². The van der Waals surface area contributed by atoms with Gasteiger partial charge in [-0.25, -0.2) is 34.1 Å². The van der Waals surface area contributed by atoms with Crippen LogP contribution in [-0.2, 0) is 66.8 Å². The van der Waals surface area contributed by atoms with E-state index in [1.54, 1.807) is 123 Å². The summed E-state index contributed by atoms with van der Waals surface area (Å²) < 4.78 is 55.5. The zero-order valence-electron chi connectivity index (χ0n) is 78.4. The van der Waals surface area contributed by atoms with Crippen LogP contribution in [0, 0.1) is 35.8 Å². The number of ether oxygens (including phenoxy) is 7. The van der Waals surface area contributed by atoms with E-state index in [1.165, 1.54) is 90.5 Å². The second-order valence-electron chi connectivity index (χ2n) is 32.7. The van der Waals surface area contributed by atoms with Crippen LogP contribution in [0.3, 0.4) is 0 Å². The van der Waals surface area contributed by atoms with Crippen LogP contribution in [0.25, 0.3) is 59.4 Å². The van der Waals surface area contributed by atoms with E-state index >= 15 is 0 Å². The lowest BCUT2D eigenvalue weighted by atomic mass is 9.95. The molecule has 10 N–H and O–H groups in total. The summed E-state index contributed by atoms with van der Waals surface area (Å²) in [5.74, 6) is 3.79. The number of H-pyrrole nitrogens is 1. The number of carbonyl (C=O) groups excluding carboxylic acids is 13. The summed E-state index contributed by atoms with van der Waals surface area (Å²) in [7, 11) is 9.24. The van der Waals surface area contributed by atoms with Crippen molar-refractivity contribution in [3.8, 4) is 70.0 Å². The van der Waals surface area contributed by atoms with Gasteiger partial charge in [0.15, 0.2) is 61.7 Å². The fourth-order valence-corrected chi connectivity index (χ4v) is 18.5. The predicted molar refractivity (Wildman–Crippen MR) is 538 cm³/mol. The van der Waals surface area contributed by atoms with E-state index in [1.807, 2.05) is 12.1 Å². The van der Waals surface area contributed by atoms with Gasteiger partial charge < -0.3 is 107 Å². The number of rotatable bonds is 20. The number of tetrazole rings is 1. The van der Waals surface area contributed by atoms with Gasteiger partial charge in [0.1, 0.15) is 65.3 Å². The molecule has 0 radical (unpaired) electrons. The van der Waals surface area contributed by atoms with E-state index in [0.29, 0.717) is 117 Å². The summed E-state index contributed by atoms with van der Waals surface area (Å²) in [4.78, 5) is 200. The van der Waals surface area contributed by atoms with Gasteiger partial charge in [0.05, 0.1) is 68.8 Å². The number of nitrogens with one attached hydrogen (secondary N) is 9. The first-order valence-electron chi connectivity index (χ1n) is 43.6. The average Bonchev–Trinajstić information content (AvgIpc) is 1.59. The molecule has 8 aliphatic rings. The molecule has 758 valence electrons. The fourth-order valence-electron chi connectivity index (χ4n) is 16.4. The van der Waals surface area contributed by atoms with E-state index in [0.717, 1.165) is 36.3 Å². The number of hydrogen-bond donors (Lipinski definition) is 10. The fraction of sp³-hybridized carbons (Fsp3) is 0.186. The van der Waals surface area contributed by atoms with Gasteiger partial charge in [-0.1, -0.05) is 49.9 Å². The van der Waals surface area contributed by atoms with E-state index in [4.69, 9.17) is 77.7 Å². The van der Waals surface area contributed by atoms with Crippen molar-refractivity contribution >= 4 is 199 Å². The number of urea groups is 4. The lowest BCUT2D eigenvalue weighted by Crippen LogP contribution is -2.54. The van der Waals surface area contributed by atoms with E-state index < -0.39 is 69.9 Å². The molecule has 4 aromatic carbocycles. The maximum Gasteiger partial charge on any atom is 0.323 e. The van der Waals surface area contributed by atoms with Crippen molar-refractivity contribution in [2.45, 2.75) is 48.3 Å². The Hall–Kier alpha value is -18.6. The Bertz CT molecular complexity index is 8100. The largest absolute Gasteiger partial charge is 0.503 e. The summed E-state index contributed by atoms with van der Waals surface area (Å²) in [6.45, 7) is 21.2. The van der Waals surface area contributed by atoms with Crippen LogP contribution < -0.4 is 75.7 Å². The molecule has 18 heterocycles. The van der Waals surface area contributed by atoms with E-state index in [2.05, 4.69) is 184 Å². The predicted octanol–water partition coefficient (Wildman–Crippen LogP) is 10.7. The quantitative estimate of drug-likeness (QED) is 0.00846. The molecule has 0 bridgehead atoms. The van der Waals surface area contributed by atoms with Gasteiger partial charge in [0, 0.05) is 105 Å². The molecule has 150 heavy (non-hydrogen) atoms. The van der Waals surface area contributed by atoms with Crippen molar-refractivity contribution in [1.29, 1.82) is 0 Å². The minimum absolute atomic E-state index is 0.0485. The first kappa shape index (κ1) is 104. The Kier molecular flexibility index (Phi) is 30.4. The molecule has 22 rings (SSSR count). The minimum Gasteiger partial charge on any atom is -0.503 e. The molecule has 0 saturated carbocycles. The normalized spacial score (nSPS) is 17.9. The Balaban J connectivity index is 0.000000131. The number of terminal acetylenes is 1. The molecule has 10 aromatic heterocycles. The zero-order chi connectivity index (χ0) is 107. The lowest BCUT2D eigenvalue weighted by Gasteiger charge is -2.28. The van der Waals surface area contributed by atoms with E-state index in [9.17, 15) is 62.3 Å². The first-order chi connectivity index (χ1) is 72.1. The van der Waals surface area contributed by atoms with Crippen LogP contribution >= 0.6 is 70.4 Å². The standard InChI is InChI=1S/C21H16N8O5.C21H15N5O5.C21H16N4O7.C15H13N3O4.C7H5BrN2O.C6H5BrINO.C6H3BrN2O/c1-33-11-3-2-10-8-29(18(30)12(10)6-11)9-21(19(31)23-20(32)24-21)16-7-14-15(34-16)5-4-13(22-14)17-25-27-28-26-17;1-22-17-6-5-15-14(23-17)8-16(31-15)21(19(28)24-20(29)25-21)10-26-9-11-3-4-12(30-2)7-13(11)18(26)27;1-30-12-3-2-11-8-25(18(27)13(11)6-12)9-21(19(28)23-20(29)24-21)16-7-14-15(32-16)4-5-17(22-14)31-10-26;1-3-15(13(20)16-14(21)17-15)8-18-7-9-4-5-10(22-2)6-11(9)12(18)19;1-9-6-4-3-5(11-2)7(8)10-6;1-10-4-2-3-5(8)9-6(4)7;1-8-5-3-2-4(10)6(7)9-5/h2-7H,8-9H2,1H3,(H2,23,24,31,32)(H,25,26,27,28);3-8H,9-10H2,2H3,(H2,24,25,28,29);2-7,10H,8-9H2,1H3,(H2,23,24,28,29);1,4-6H,7-8H2,2H3,(H2,16,17,20,21);3-4H,2H3;2-3H,1H3;2-3,10H/t3*21-;15-;;;/m0001.../s1. The smallest absolute Gasteiger partial charge is 0.323 e. The zero-order valence-corrected chi connectivity index (χ0v) is 85.3. The third-order valence-electron chi connectivity index (χ3n) is 23.8. The number of imide groups is 4. The summed E-state index contributed by atoms with van der Waals surface area (Å²) in [6, 6.07) is 41.9. The van der Waals surface area contributed by atoms with Crippen LogP contribution in [0.15, 0.2) is 191 Å². The van der Waals surface area contributed by atoms with Gasteiger partial charge in [-0.2, -0.15) is 5.21 Å². The Morgan fingerprint density at radius 3 is 1.16 bits per heavy atom. The maximum absolute atomic E-state index is 13.1. The number of pyridine rings is 6. The van der Waals surface area contributed by atoms with Gasteiger partial charge in [0.25, 0.3) is 71.2 Å². The van der Waals surface area contributed by atoms with Crippen molar-refractivity contribution in [2.75, 3.05) is 68.8 Å². The number of nitrogens with zero attached hydrogens (tertiary/aromatic N) is 16. The number of benzene rings is 4. The Morgan fingerprint density at radius 1 is 0.433 bits per heavy atom.